The van der Waals surface area contributed by atoms with E-state index in [0.717, 1.165) is 5.56 Å². The maximum Gasteiger partial charge on any atom is 0.269 e. The van der Waals surface area contributed by atoms with Crippen LogP contribution in [0.4, 0.5) is 17.1 Å². The summed E-state index contributed by atoms with van der Waals surface area (Å²) in [6, 6.07) is 18.9. The van der Waals surface area contributed by atoms with E-state index >= 15 is 0 Å². The van der Waals surface area contributed by atoms with E-state index in [2.05, 4.69) is 10.6 Å². The van der Waals surface area contributed by atoms with Gasteiger partial charge in [0.25, 0.3) is 17.5 Å². The molecule has 2 N–H and O–H groups in total. The molecule has 188 valence electrons. The number of fused-ring (bicyclic) bond motifs is 1. The van der Waals surface area contributed by atoms with E-state index in [0.29, 0.717) is 43.1 Å². The lowest BCUT2D eigenvalue weighted by Gasteiger charge is -2.31. The molecule has 1 atom stereocenters. The van der Waals surface area contributed by atoms with Gasteiger partial charge in [0, 0.05) is 49.4 Å². The molecule has 0 saturated carbocycles. The van der Waals surface area contributed by atoms with Crippen molar-refractivity contribution in [1.29, 1.82) is 0 Å². The van der Waals surface area contributed by atoms with Crippen LogP contribution in [0.1, 0.15) is 38.7 Å². The largest absolute Gasteiger partial charge is 0.336 e. The fraction of sp³-hybridized carbons (Fsp3) is 0.222. The van der Waals surface area contributed by atoms with Crippen LogP contribution < -0.4 is 15.5 Å². The number of rotatable bonds is 4. The molecule has 0 bridgehead atoms. The molecule has 0 aromatic heterocycles. The van der Waals surface area contributed by atoms with Crippen LogP contribution in [0.3, 0.4) is 0 Å². The Morgan fingerprint density at radius 2 is 1.57 bits per heavy atom. The monoisotopic (exact) mass is 499 g/mol. The van der Waals surface area contributed by atoms with Crippen molar-refractivity contribution < 1.29 is 19.3 Å². The van der Waals surface area contributed by atoms with Gasteiger partial charge in [0.1, 0.15) is 0 Å². The zero-order chi connectivity index (χ0) is 25.9. The predicted molar refractivity (Wildman–Crippen MR) is 138 cm³/mol. The molecule has 3 amide bonds. The van der Waals surface area contributed by atoms with E-state index in [-0.39, 0.29) is 29.5 Å². The normalized spacial score (nSPS) is 17.4. The molecule has 2 heterocycles. The van der Waals surface area contributed by atoms with Gasteiger partial charge in [-0.1, -0.05) is 30.3 Å². The molecule has 1 unspecified atom stereocenters. The van der Waals surface area contributed by atoms with Crippen molar-refractivity contribution in [3.63, 3.8) is 0 Å². The first-order chi connectivity index (χ1) is 17.9. The van der Waals surface area contributed by atoms with E-state index < -0.39 is 16.9 Å². The van der Waals surface area contributed by atoms with Crippen LogP contribution in [0.5, 0.6) is 0 Å². The Bertz CT molecular complexity index is 1350. The van der Waals surface area contributed by atoms with E-state index in [4.69, 9.17) is 0 Å². The summed E-state index contributed by atoms with van der Waals surface area (Å²) in [6.07, 6.45) is -0.00150. The highest BCUT2D eigenvalue weighted by atomic mass is 16.6. The van der Waals surface area contributed by atoms with Gasteiger partial charge in [-0.05, 0) is 35.9 Å². The van der Waals surface area contributed by atoms with E-state index in [9.17, 15) is 24.5 Å². The smallest absolute Gasteiger partial charge is 0.269 e. The molecule has 10 nitrogen and oxygen atoms in total. The summed E-state index contributed by atoms with van der Waals surface area (Å²) in [6.45, 7) is 2.60. The number of non-ortho nitro benzene ring substituents is 1. The number of nitro benzene ring substituents is 1. The van der Waals surface area contributed by atoms with Crippen molar-refractivity contribution in [3.8, 4) is 0 Å². The van der Waals surface area contributed by atoms with Gasteiger partial charge in [0.2, 0.25) is 5.91 Å². The van der Waals surface area contributed by atoms with Crippen molar-refractivity contribution in [2.24, 2.45) is 0 Å². The number of hydrogen-bond donors (Lipinski definition) is 2. The van der Waals surface area contributed by atoms with Crippen LogP contribution in [0, 0.1) is 10.1 Å². The first-order valence-corrected chi connectivity index (χ1v) is 12.0. The molecule has 1 saturated heterocycles. The highest BCUT2D eigenvalue weighted by Gasteiger charge is 2.35. The third-order valence-corrected chi connectivity index (χ3v) is 6.60. The molecule has 3 aromatic carbocycles. The van der Waals surface area contributed by atoms with Crippen molar-refractivity contribution >= 4 is 34.8 Å². The lowest BCUT2D eigenvalue weighted by Crippen LogP contribution is -2.46. The zero-order valence-electron chi connectivity index (χ0n) is 19.9. The SMILES string of the molecule is O=C1CC(c2ccccc2)N(C(=O)c2ccc([N+](=O)[O-])cc2)c2ccc(C(=O)N3CCNCC3)cc2N1. The van der Waals surface area contributed by atoms with Crippen molar-refractivity contribution in [3.05, 3.63) is 99.6 Å². The highest BCUT2D eigenvalue weighted by molar-refractivity contribution is 6.12. The summed E-state index contributed by atoms with van der Waals surface area (Å²) in [5, 5.41) is 17.2. The summed E-state index contributed by atoms with van der Waals surface area (Å²) in [4.78, 5) is 53.9. The minimum atomic E-state index is -0.625. The average molecular weight is 500 g/mol. The second-order valence-corrected chi connectivity index (χ2v) is 8.93. The Balaban J connectivity index is 1.58. The van der Waals surface area contributed by atoms with Gasteiger partial charge in [-0.2, -0.15) is 0 Å². The average Bonchev–Trinajstić information content (AvgIpc) is 3.08. The van der Waals surface area contributed by atoms with E-state index in [1.165, 1.54) is 29.2 Å². The van der Waals surface area contributed by atoms with Gasteiger partial charge in [-0.3, -0.25) is 29.4 Å². The Labute approximate surface area is 213 Å². The molecule has 0 spiro atoms. The fourth-order valence-corrected chi connectivity index (χ4v) is 4.72. The van der Waals surface area contributed by atoms with E-state index in [1.54, 1.807) is 23.1 Å². The zero-order valence-corrected chi connectivity index (χ0v) is 19.9. The molecular weight excluding hydrogens is 474 g/mol. The molecule has 10 heteroatoms. The lowest BCUT2D eigenvalue weighted by atomic mass is 9.99. The third kappa shape index (κ3) is 4.91. The van der Waals surface area contributed by atoms with Crippen LogP contribution in [0.2, 0.25) is 0 Å². The van der Waals surface area contributed by atoms with Gasteiger partial charge in [0.05, 0.1) is 28.8 Å². The molecule has 3 aromatic rings. The Hall–Kier alpha value is -4.57. The number of piperazine rings is 1. The van der Waals surface area contributed by atoms with Crippen LogP contribution in [0.25, 0.3) is 0 Å². The van der Waals surface area contributed by atoms with Crippen molar-refractivity contribution in [1.82, 2.24) is 10.2 Å². The Morgan fingerprint density at radius 1 is 0.892 bits per heavy atom. The van der Waals surface area contributed by atoms with Gasteiger partial charge in [-0.25, -0.2) is 0 Å². The number of carbonyl (C=O) groups is 3. The number of nitrogens with zero attached hydrogens (tertiary/aromatic N) is 3. The van der Waals surface area contributed by atoms with Crippen molar-refractivity contribution in [2.75, 3.05) is 36.4 Å². The fourth-order valence-electron chi connectivity index (χ4n) is 4.72. The molecule has 5 rings (SSSR count). The number of nitrogens with one attached hydrogen (secondary N) is 2. The molecule has 1 fully saturated rings. The topological polar surface area (TPSA) is 125 Å². The number of carbonyl (C=O) groups excluding carboxylic acids is 3. The van der Waals surface area contributed by atoms with Crippen LogP contribution in [-0.4, -0.2) is 53.7 Å². The number of benzene rings is 3. The third-order valence-electron chi connectivity index (χ3n) is 6.60. The second-order valence-electron chi connectivity index (χ2n) is 8.93. The maximum absolute atomic E-state index is 13.9. The number of hydrogen-bond acceptors (Lipinski definition) is 6. The maximum atomic E-state index is 13.9. The second kappa shape index (κ2) is 10.2. The lowest BCUT2D eigenvalue weighted by molar-refractivity contribution is -0.384. The van der Waals surface area contributed by atoms with E-state index in [1.807, 2.05) is 30.3 Å². The first-order valence-electron chi connectivity index (χ1n) is 12.0. The summed E-state index contributed by atoms with van der Waals surface area (Å²) < 4.78 is 0. The van der Waals surface area contributed by atoms with Crippen LogP contribution in [0.15, 0.2) is 72.8 Å². The molecular formula is C27H25N5O5. The minimum absolute atomic E-state index is 0.00150. The summed E-state index contributed by atoms with van der Waals surface area (Å²) in [5.74, 6) is -0.848. The standard InChI is InChI=1S/C27H25N5O5/c33-25-17-24(18-4-2-1-3-5-18)31(27(35)19-6-9-21(10-7-19)32(36)37)23-11-8-20(16-22(23)29-25)26(34)30-14-12-28-13-15-30/h1-11,16,24,28H,12-15,17H2,(H,29,33). The Kier molecular flexibility index (Phi) is 6.65. The summed E-state index contributed by atoms with van der Waals surface area (Å²) in [5.41, 5.74) is 2.11. The van der Waals surface area contributed by atoms with Gasteiger partial charge < -0.3 is 15.5 Å². The molecule has 37 heavy (non-hydrogen) atoms. The summed E-state index contributed by atoms with van der Waals surface area (Å²) in [7, 11) is 0. The number of anilines is 2. The molecule has 2 aliphatic heterocycles. The molecule has 0 aliphatic carbocycles. The number of nitro groups is 1. The van der Waals surface area contributed by atoms with Crippen molar-refractivity contribution in [2.45, 2.75) is 12.5 Å². The van der Waals surface area contributed by atoms with Crippen LogP contribution >= 0.6 is 0 Å². The minimum Gasteiger partial charge on any atom is -0.336 e. The first kappa shape index (κ1) is 24.1. The molecule has 0 radical (unpaired) electrons. The van der Waals surface area contributed by atoms with Crippen LogP contribution in [-0.2, 0) is 4.79 Å². The number of amides is 3. The van der Waals surface area contributed by atoms with Gasteiger partial charge in [0.15, 0.2) is 0 Å². The predicted octanol–water partition coefficient (Wildman–Crippen LogP) is 3.37. The van der Waals surface area contributed by atoms with Gasteiger partial charge in [-0.15, -0.1) is 0 Å². The highest BCUT2D eigenvalue weighted by Crippen LogP contribution is 2.40. The van der Waals surface area contributed by atoms with Gasteiger partial charge >= 0.3 is 0 Å². The Morgan fingerprint density at radius 3 is 2.24 bits per heavy atom. The quantitative estimate of drug-likeness (QED) is 0.419. The molecule has 2 aliphatic rings. The summed E-state index contributed by atoms with van der Waals surface area (Å²) >= 11 is 0.